The summed E-state index contributed by atoms with van der Waals surface area (Å²) in [4.78, 5) is 24.0. The molecular formula is C12H22N2O5. The molecule has 0 bridgehead atoms. The number of carbonyl (C=O) groups is 2. The minimum Gasteiger partial charge on any atom is -0.481 e. The monoisotopic (exact) mass is 274 g/mol. The van der Waals surface area contributed by atoms with E-state index in [0.29, 0.717) is 19.1 Å². The molecule has 19 heavy (non-hydrogen) atoms. The Bertz CT molecular complexity index is 306. The summed E-state index contributed by atoms with van der Waals surface area (Å²) in [5.41, 5.74) is 0. The summed E-state index contributed by atoms with van der Waals surface area (Å²) < 4.78 is 5.07. The number of urea groups is 1. The number of hydrogen-bond acceptors (Lipinski definition) is 4. The van der Waals surface area contributed by atoms with Crippen LogP contribution in [0.15, 0.2) is 0 Å². The number of nitrogens with one attached hydrogen (secondary N) is 1. The molecule has 1 rings (SSSR count). The lowest BCUT2D eigenvalue weighted by Gasteiger charge is -2.22. The molecule has 0 radical (unpaired) electrons. The van der Waals surface area contributed by atoms with E-state index < -0.39 is 5.97 Å². The zero-order valence-corrected chi connectivity index (χ0v) is 11.2. The molecule has 1 fully saturated rings. The van der Waals surface area contributed by atoms with Crippen LogP contribution in [0, 0.1) is 5.92 Å². The van der Waals surface area contributed by atoms with Gasteiger partial charge >= 0.3 is 12.0 Å². The van der Waals surface area contributed by atoms with Gasteiger partial charge in [0.2, 0.25) is 0 Å². The quantitative estimate of drug-likeness (QED) is 0.509. The molecule has 1 unspecified atom stereocenters. The molecular weight excluding hydrogens is 252 g/mol. The fourth-order valence-electron chi connectivity index (χ4n) is 1.76. The van der Waals surface area contributed by atoms with E-state index in [2.05, 4.69) is 5.32 Å². The molecule has 0 aliphatic heterocycles. The summed E-state index contributed by atoms with van der Waals surface area (Å²) in [6, 6.07) is -0.573. The highest BCUT2D eigenvalue weighted by atomic mass is 16.5. The van der Waals surface area contributed by atoms with E-state index >= 15 is 0 Å². The van der Waals surface area contributed by atoms with Gasteiger partial charge in [-0.15, -0.1) is 0 Å². The Morgan fingerprint density at radius 2 is 2.11 bits per heavy atom. The fraction of sp³-hybridized carbons (Fsp3) is 0.833. The maximum absolute atomic E-state index is 11.8. The van der Waals surface area contributed by atoms with Crippen LogP contribution in [0.1, 0.15) is 19.3 Å². The third-order valence-electron chi connectivity index (χ3n) is 3.05. The lowest BCUT2D eigenvalue weighted by molar-refractivity contribution is -0.137. The van der Waals surface area contributed by atoms with Crippen molar-refractivity contribution in [3.8, 4) is 0 Å². The lowest BCUT2D eigenvalue weighted by atomic mass is 10.1. The Morgan fingerprint density at radius 3 is 2.63 bits per heavy atom. The van der Waals surface area contributed by atoms with Crippen LogP contribution in [0.4, 0.5) is 4.79 Å². The predicted octanol–water partition coefficient (Wildman–Crippen LogP) is -0.110. The van der Waals surface area contributed by atoms with Crippen molar-refractivity contribution in [2.75, 3.05) is 33.4 Å². The second-order valence-corrected chi connectivity index (χ2v) is 4.75. The van der Waals surface area contributed by atoms with Crippen molar-refractivity contribution in [3.05, 3.63) is 0 Å². The number of likely N-dealkylation sites (N-methyl/N-ethyl adjacent to an activating group) is 1. The van der Waals surface area contributed by atoms with Crippen LogP contribution in [0.2, 0.25) is 0 Å². The maximum atomic E-state index is 11.8. The highest BCUT2D eigenvalue weighted by molar-refractivity contribution is 5.75. The normalized spacial score (nSPS) is 15.9. The number of amides is 2. The van der Waals surface area contributed by atoms with Crippen LogP contribution in [-0.2, 0) is 9.53 Å². The molecule has 0 heterocycles. The van der Waals surface area contributed by atoms with E-state index in [4.69, 9.17) is 14.9 Å². The fourth-order valence-corrected chi connectivity index (χ4v) is 1.76. The lowest BCUT2D eigenvalue weighted by Crippen LogP contribution is -2.45. The number of rotatable bonds is 9. The van der Waals surface area contributed by atoms with Crippen molar-refractivity contribution >= 4 is 12.0 Å². The summed E-state index contributed by atoms with van der Waals surface area (Å²) in [7, 11) is 1.63. The minimum absolute atomic E-state index is 0.0364. The van der Waals surface area contributed by atoms with Gasteiger partial charge in [-0.3, -0.25) is 4.79 Å². The third kappa shape index (κ3) is 6.40. The van der Waals surface area contributed by atoms with Crippen LogP contribution >= 0.6 is 0 Å². The Labute approximate surface area is 112 Å². The Hall–Kier alpha value is -1.34. The topological polar surface area (TPSA) is 99.1 Å². The number of aliphatic hydroxyl groups is 1. The first-order chi connectivity index (χ1) is 9.04. The van der Waals surface area contributed by atoms with Gasteiger partial charge in [0, 0.05) is 19.6 Å². The van der Waals surface area contributed by atoms with Crippen molar-refractivity contribution in [3.63, 3.8) is 0 Å². The largest absolute Gasteiger partial charge is 0.481 e. The van der Waals surface area contributed by atoms with Gasteiger partial charge in [-0.1, -0.05) is 0 Å². The molecule has 0 aromatic heterocycles. The zero-order chi connectivity index (χ0) is 14.3. The minimum atomic E-state index is -0.897. The predicted molar refractivity (Wildman–Crippen MR) is 67.8 cm³/mol. The molecule has 0 aromatic rings. The molecule has 0 spiro atoms. The summed E-state index contributed by atoms with van der Waals surface area (Å²) in [6.45, 7) is 0.950. The summed E-state index contributed by atoms with van der Waals surface area (Å²) in [5, 5.41) is 20.1. The Balaban J connectivity index is 2.28. The van der Waals surface area contributed by atoms with Gasteiger partial charge < -0.3 is 25.2 Å². The first-order valence-electron chi connectivity index (χ1n) is 6.46. The molecule has 2 amide bonds. The van der Waals surface area contributed by atoms with E-state index in [1.165, 1.54) is 4.90 Å². The van der Waals surface area contributed by atoms with Crippen molar-refractivity contribution in [2.45, 2.75) is 25.3 Å². The molecule has 110 valence electrons. The van der Waals surface area contributed by atoms with Crippen LogP contribution in [0.5, 0.6) is 0 Å². The number of aliphatic hydroxyl groups excluding tert-OH is 1. The van der Waals surface area contributed by atoms with Gasteiger partial charge in [0.05, 0.1) is 26.2 Å². The highest BCUT2D eigenvalue weighted by Crippen LogP contribution is 2.34. The Morgan fingerprint density at radius 1 is 1.42 bits per heavy atom. The molecule has 1 saturated carbocycles. The van der Waals surface area contributed by atoms with Gasteiger partial charge in [-0.2, -0.15) is 0 Å². The SMILES string of the molecule is CN(CCOCCO)C(=O)NC(CC(=O)O)C1CC1. The van der Waals surface area contributed by atoms with E-state index in [0.717, 1.165) is 12.8 Å². The molecule has 0 saturated heterocycles. The number of carbonyl (C=O) groups excluding carboxylic acids is 1. The summed E-state index contributed by atoms with van der Waals surface area (Å²) in [6.07, 6.45) is 1.91. The molecule has 1 atom stereocenters. The van der Waals surface area contributed by atoms with Gasteiger partial charge in [0.1, 0.15) is 0 Å². The second-order valence-electron chi connectivity index (χ2n) is 4.75. The number of ether oxygens (including phenoxy) is 1. The van der Waals surface area contributed by atoms with Gasteiger partial charge in [0.25, 0.3) is 0 Å². The third-order valence-corrected chi connectivity index (χ3v) is 3.05. The van der Waals surface area contributed by atoms with Crippen LogP contribution in [-0.4, -0.2) is 66.6 Å². The molecule has 7 nitrogen and oxygen atoms in total. The van der Waals surface area contributed by atoms with Gasteiger partial charge in [0.15, 0.2) is 0 Å². The first-order valence-corrected chi connectivity index (χ1v) is 6.46. The molecule has 7 heteroatoms. The number of carboxylic acids is 1. The van der Waals surface area contributed by atoms with Gasteiger partial charge in [-0.25, -0.2) is 4.79 Å². The smallest absolute Gasteiger partial charge is 0.317 e. The second kappa shape index (κ2) is 7.96. The standard InChI is InChI=1S/C12H22N2O5/c1-14(4-6-19-7-5-15)12(18)13-10(8-11(16)17)9-2-3-9/h9-10,15H,2-8H2,1H3,(H,13,18)(H,16,17). The van der Waals surface area contributed by atoms with Crippen LogP contribution < -0.4 is 5.32 Å². The van der Waals surface area contributed by atoms with Crippen LogP contribution in [0.25, 0.3) is 0 Å². The average Bonchev–Trinajstić information content (AvgIpc) is 3.17. The van der Waals surface area contributed by atoms with Crippen molar-refractivity contribution in [1.82, 2.24) is 10.2 Å². The zero-order valence-electron chi connectivity index (χ0n) is 11.2. The summed E-state index contributed by atoms with van der Waals surface area (Å²) in [5.74, 6) is -0.606. The van der Waals surface area contributed by atoms with E-state index in [1.807, 2.05) is 0 Å². The maximum Gasteiger partial charge on any atom is 0.317 e. The first kappa shape index (κ1) is 15.7. The van der Waals surface area contributed by atoms with Crippen molar-refractivity contribution in [2.24, 2.45) is 5.92 Å². The Kier molecular flexibility index (Phi) is 6.58. The molecule has 0 aromatic carbocycles. The number of nitrogens with zero attached hydrogens (tertiary/aromatic N) is 1. The molecule has 3 N–H and O–H groups in total. The molecule has 1 aliphatic carbocycles. The number of aliphatic carboxylic acids is 1. The van der Waals surface area contributed by atoms with Crippen molar-refractivity contribution in [1.29, 1.82) is 0 Å². The number of carboxylic acid groups (broad SMARTS) is 1. The van der Waals surface area contributed by atoms with Crippen LogP contribution in [0.3, 0.4) is 0 Å². The number of hydrogen-bond donors (Lipinski definition) is 3. The van der Waals surface area contributed by atoms with E-state index in [-0.39, 0.29) is 31.7 Å². The van der Waals surface area contributed by atoms with Gasteiger partial charge in [-0.05, 0) is 18.8 Å². The van der Waals surface area contributed by atoms with Crippen molar-refractivity contribution < 1.29 is 24.5 Å². The summed E-state index contributed by atoms with van der Waals surface area (Å²) >= 11 is 0. The average molecular weight is 274 g/mol. The highest BCUT2D eigenvalue weighted by Gasteiger charge is 2.34. The molecule has 1 aliphatic rings. The van der Waals surface area contributed by atoms with E-state index in [9.17, 15) is 9.59 Å². The van der Waals surface area contributed by atoms with E-state index in [1.54, 1.807) is 7.05 Å².